The number of amides is 1. The van der Waals surface area contributed by atoms with Crippen molar-refractivity contribution in [2.45, 2.75) is 25.9 Å². The number of aryl methyl sites for hydroxylation is 2. The predicted octanol–water partition coefficient (Wildman–Crippen LogP) is 3.05. The van der Waals surface area contributed by atoms with Crippen molar-refractivity contribution in [2.24, 2.45) is 7.05 Å². The Morgan fingerprint density at radius 2 is 2.33 bits per heavy atom. The molecule has 2 heterocycles. The van der Waals surface area contributed by atoms with E-state index in [2.05, 4.69) is 5.32 Å². The van der Waals surface area contributed by atoms with Crippen molar-refractivity contribution < 1.29 is 9.53 Å². The fourth-order valence-corrected chi connectivity index (χ4v) is 3.19. The second-order valence-corrected chi connectivity index (χ2v) is 5.98. The summed E-state index contributed by atoms with van der Waals surface area (Å²) in [5, 5.41) is 4.68. The van der Waals surface area contributed by atoms with Gasteiger partial charge in [0, 0.05) is 36.1 Å². The maximum atomic E-state index is 12.5. The summed E-state index contributed by atoms with van der Waals surface area (Å²) in [6.45, 7) is 3.33. The second kappa shape index (κ2) is 5.70. The van der Waals surface area contributed by atoms with Crippen molar-refractivity contribution >= 4 is 28.4 Å². The van der Waals surface area contributed by atoms with Gasteiger partial charge in [0.25, 0.3) is 5.91 Å². The van der Waals surface area contributed by atoms with Crippen LogP contribution in [-0.2, 0) is 11.8 Å². The number of carbonyl (C=O) groups excluding carboxylic acids is 1. The normalized spacial score (nSPS) is 18.3. The highest BCUT2D eigenvalue weighted by Crippen LogP contribution is 2.27. The van der Waals surface area contributed by atoms with Crippen LogP contribution in [0.5, 0.6) is 0 Å². The van der Waals surface area contributed by atoms with Gasteiger partial charge >= 0.3 is 0 Å². The smallest absolute Gasteiger partial charge is 0.268 e. The highest BCUT2D eigenvalue weighted by atomic mass is 35.5. The minimum Gasteiger partial charge on any atom is -0.376 e. The first-order chi connectivity index (χ1) is 10.1. The van der Waals surface area contributed by atoms with E-state index in [1.54, 1.807) is 0 Å². The monoisotopic (exact) mass is 306 g/mol. The highest BCUT2D eigenvalue weighted by molar-refractivity contribution is 6.31. The number of carbonyl (C=O) groups is 1. The third kappa shape index (κ3) is 2.65. The Hall–Kier alpha value is -1.52. The number of hydrogen-bond donors (Lipinski definition) is 1. The molecular formula is C16H19ClN2O2. The molecule has 1 fully saturated rings. The lowest BCUT2D eigenvalue weighted by Gasteiger charge is -2.12. The molecule has 0 bridgehead atoms. The summed E-state index contributed by atoms with van der Waals surface area (Å²) in [5.74, 6) is -0.0576. The number of nitrogens with one attached hydrogen (secondary N) is 1. The van der Waals surface area contributed by atoms with Gasteiger partial charge in [0.05, 0.1) is 6.10 Å². The molecule has 21 heavy (non-hydrogen) atoms. The molecule has 1 atom stereocenters. The molecule has 0 spiro atoms. The molecule has 1 aromatic heterocycles. The number of fused-ring (bicyclic) bond motifs is 1. The lowest BCUT2D eigenvalue weighted by molar-refractivity contribution is 0.0851. The SMILES string of the molecule is Cc1c(C(=O)NC[C@H]2CCCO2)n(C)c2ccc(Cl)cc12. The van der Waals surface area contributed by atoms with Gasteiger partial charge in [-0.2, -0.15) is 0 Å². The van der Waals surface area contributed by atoms with Crippen LogP contribution < -0.4 is 5.32 Å². The molecule has 1 aliphatic heterocycles. The van der Waals surface area contributed by atoms with Crippen molar-refractivity contribution in [3.05, 3.63) is 34.5 Å². The second-order valence-electron chi connectivity index (χ2n) is 5.54. The first-order valence-corrected chi connectivity index (χ1v) is 7.60. The molecule has 0 radical (unpaired) electrons. The van der Waals surface area contributed by atoms with Crippen LogP contribution in [0.4, 0.5) is 0 Å². The van der Waals surface area contributed by atoms with Crippen LogP contribution in [0.3, 0.4) is 0 Å². The van der Waals surface area contributed by atoms with Gasteiger partial charge in [-0.1, -0.05) is 11.6 Å². The van der Waals surface area contributed by atoms with Gasteiger partial charge in [0.1, 0.15) is 5.69 Å². The molecule has 2 aromatic rings. The number of halogens is 1. The molecule has 1 amide bonds. The standard InChI is InChI=1S/C16H19ClN2O2/c1-10-13-8-11(17)5-6-14(13)19(2)15(10)16(20)18-9-12-4-3-7-21-12/h5-6,8,12H,3-4,7,9H2,1-2H3,(H,18,20)/t12-/m1/s1. The minimum atomic E-state index is -0.0576. The largest absolute Gasteiger partial charge is 0.376 e. The fourth-order valence-electron chi connectivity index (χ4n) is 3.02. The molecule has 1 aliphatic rings. The van der Waals surface area contributed by atoms with E-state index in [0.717, 1.165) is 35.9 Å². The number of aromatic nitrogens is 1. The van der Waals surface area contributed by atoms with Crippen LogP contribution in [0, 0.1) is 6.92 Å². The molecule has 0 unspecified atom stereocenters. The molecule has 1 saturated heterocycles. The summed E-state index contributed by atoms with van der Waals surface area (Å²) in [5.41, 5.74) is 2.66. The van der Waals surface area contributed by atoms with E-state index >= 15 is 0 Å². The lowest BCUT2D eigenvalue weighted by Crippen LogP contribution is -2.33. The average molecular weight is 307 g/mol. The molecule has 1 N–H and O–H groups in total. The van der Waals surface area contributed by atoms with Gasteiger partial charge in [-0.3, -0.25) is 4.79 Å². The molecule has 112 valence electrons. The molecular weight excluding hydrogens is 288 g/mol. The van der Waals surface area contributed by atoms with Crippen molar-refractivity contribution in [1.29, 1.82) is 0 Å². The Morgan fingerprint density at radius 3 is 3.05 bits per heavy atom. The Bertz CT molecular complexity index is 687. The van der Waals surface area contributed by atoms with Crippen molar-refractivity contribution in [2.75, 3.05) is 13.2 Å². The lowest BCUT2D eigenvalue weighted by atomic mass is 10.1. The average Bonchev–Trinajstić information content (AvgIpc) is 3.05. The fraction of sp³-hybridized carbons (Fsp3) is 0.438. The number of rotatable bonds is 3. The highest BCUT2D eigenvalue weighted by Gasteiger charge is 2.21. The zero-order valence-electron chi connectivity index (χ0n) is 12.3. The van der Waals surface area contributed by atoms with E-state index in [1.165, 1.54) is 0 Å². The summed E-state index contributed by atoms with van der Waals surface area (Å²) in [6, 6.07) is 5.70. The molecule has 4 nitrogen and oxygen atoms in total. The molecule has 0 aliphatic carbocycles. The van der Waals surface area contributed by atoms with E-state index in [0.29, 0.717) is 17.3 Å². The molecule has 0 saturated carbocycles. The van der Waals surface area contributed by atoms with Gasteiger partial charge in [-0.25, -0.2) is 0 Å². The third-order valence-corrected chi connectivity index (χ3v) is 4.38. The Labute approximate surface area is 129 Å². The molecule has 3 rings (SSSR count). The quantitative estimate of drug-likeness (QED) is 0.947. The molecule has 5 heteroatoms. The van der Waals surface area contributed by atoms with Crippen LogP contribution >= 0.6 is 11.6 Å². The minimum absolute atomic E-state index is 0.0576. The van der Waals surface area contributed by atoms with Crippen molar-refractivity contribution in [3.8, 4) is 0 Å². The maximum absolute atomic E-state index is 12.5. The Morgan fingerprint density at radius 1 is 1.52 bits per heavy atom. The summed E-state index contributed by atoms with van der Waals surface area (Å²) in [6.07, 6.45) is 2.24. The van der Waals surface area contributed by atoms with Gasteiger partial charge < -0.3 is 14.6 Å². The van der Waals surface area contributed by atoms with Crippen LogP contribution in [0.25, 0.3) is 10.9 Å². The van der Waals surface area contributed by atoms with Crippen LogP contribution in [0.1, 0.15) is 28.9 Å². The van der Waals surface area contributed by atoms with Crippen LogP contribution in [-0.4, -0.2) is 29.7 Å². The van der Waals surface area contributed by atoms with E-state index < -0.39 is 0 Å². The Kier molecular flexibility index (Phi) is 3.91. The maximum Gasteiger partial charge on any atom is 0.268 e. The van der Waals surface area contributed by atoms with Gasteiger partial charge in [0.2, 0.25) is 0 Å². The van der Waals surface area contributed by atoms with Crippen molar-refractivity contribution in [3.63, 3.8) is 0 Å². The number of hydrogen-bond acceptors (Lipinski definition) is 2. The number of benzene rings is 1. The van der Waals surface area contributed by atoms with E-state index in [9.17, 15) is 4.79 Å². The first-order valence-electron chi connectivity index (χ1n) is 7.22. The third-order valence-electron chi connectivity index (χ3n) is 4.14. The number of ether oxygens (including phenoxy) is 1. The van der Waals surface area contributed by atoms with Crippen LogP contribution in [0.2, 0.25) is 5.02 Å². The van der Waals surface area contributed by atoms with E-state index in [4.69, 9.17) is 16.3 Å². The first kappa shape index (κ1) is 14.4. The summed E-state index contributed by atoms with van der Waals surface area (Å²) < 4.78 is 7.46. The zero-order chi connectivity index (χ0) is 15.0. The van der Waals surface area contributed by atoms with Gasteiger partial charge in [0.15, 0.2) is 0 Å². The number of nitrogens with zero attached hydrogens (tertiary/aromatic N) is 1. The molecule has 1 aromatic carbocycles. The van der Waals surface area contributed by atoms with Crippen molar-refractivity contribution in [1.82, 2.24) is 9.88 Å². The topological polar surface area (TPSA) is 43.3 Å². The summed E-state index contributed by atoms with van der Waals surface area (Å²) in [4.78, 5) is 12.5. The zero-order valence-corrected chi connectivity index (χ0v) is 13.0. The van der Waals surface area contributed by atoms with E-state index in [-0.39, 0.29) is 12.0 Å². The Balaban J connectivity index is 1.86. The van der Waals surface area contributed by atoms with Gasteiger partial charge in [-0.05, 0) is 43.5 Å². The summed E-state index contributed by atoms with van der Waals surface area (Å²) in [7, 11) is 1.91. The predicted molar refractivity (Wildman–Crippen MR) is 84.0 cm³/mol. The van der Waals surface area contributed by atoms with Gasteiger partial charge in [-0.15, -0.1) is 0 Å². The summed E-state index contributed by atoms with van der Waals surface area (Å²) >= 11 is 6.05. The van der Waals surface area contributed by atoms with E-state index in [1.807, 2.05) is 36.7 Å². The van der Waals surface area contributed by atoms with Crippen LogP contribution in [0.15, 0.2) is 18.2 Å².